The van der Waals surface area contributed by atoms with Gasteiger partial charge in [0.1, 0.15) is 12.1 Å². The minimum absolute atomic E-state index is 0.0490. The quantitative estimate of drug-likeness (QED) is 0.847. The van der Waals surface area contributed by atoms with Crippen molar-refractivity contribution >= 4 is 23.4 Å². The predicted octanol–water partition coefficient (Wildman–Crippen LogP) is 2.67. The lowest BCUT2D eigenvalue weighted by atomic mass is 10.1. The highest BCUT2D eigenvalue weighted by Gasteiger charge is 2.27. The Hall–Kier alpha value is -2.34. The molecule has 0 saturated carbocycles. The first-order chi connectivity index (χ1) is 11.1. The average molecular weight is 337 g/mol. The van der Waals surface area contributed by atoms with Gasteiger partial charge in [-0.1, -0.05) is 11.6 Å². The van der Waals surface area contributed by atoms with Crippen molar-refractivity contribution in [2.24, 2.45) is 0 Å². The lowest BCUT2D eigenvalue weighted by molar-refractivity contribution is 0.0532. The number of rotatable bonds is 2. The van der Waals surface area contributed by atoms with Crippen molar-refractivity contribution < 1.29 is 18.4 Å². The van der Waals surface area contributed by atoms with Crippen molar-refractivity contribution in [1.29, 1.82) is 0 Å². The summed E-state index contributed by atoms with van der Waals surface area (Å²) < 4.78 is 18.7. The lowest BCUT2D eigenvalue weighted by Gasteiger charge is -2.34. The Kier molecular flexibility index (Phi) is 4.34. The molecule has 0 N–H and O–H groups in total. The Balaban J connectivity index is 1.66. The molecule has 2 amide bonds. The number of benzene rings is 1. The molecule has 0 unspecified atom stereocenters. The van der Waals surface area contributed by atoms with Gasteiger partial charge >= 0.3 is 0 Å². The fraction of sp³-hybridized carbons (Fsp3) is 0.250. The van der Waals surface area contributed by atoms with Gasteiger partial charge in [0.15, 0.2) is 0 Å². The van der Waals surface area contributed by atoms with E-state index in [9.17, 15) is 14.0 Å². The van der Waals surface area contributed by atoms with Crippen LogP contribution in [-0.4, -0.2) is 47.8 Å². The number of halogens is 2. The number of amides is 2. The maximum Gasteiger partial charge on any atom is 0.257 e. The smallest absolute Gasteiger partial charge is 0.257 e. The summed E-state index contributed by atoms with van der Waals surface area (Å²) in [6.45, 7) is 1.46. The molecule has 120 valence electrons. The second-order valence-corrected chi connectivity index (χ2v) is 5.66. The summed E-state index contributed by atoms with van der Waals surface area (Å²) in [5, 5.41) is 0.309. The molecular weight excluding hydrogens is 323 g/mol. The van der Waals surface area contributed by atoms with Crippen LogP contribution in [0.15, 0.2) is 41.2 Å². The summed E-state index contributed by atoms with van der Waals surface area (Å²) >= 11 is 5.82. The highest BCUT2D eigenvalue weighted by molar-refractivity contribution is 6.31. The predicted molar refractivity (Wildman–Crippen MR) is 81.9 cm³/mol. The van der Waals surface area contributed by atoms with Crippen LogP contribution in [0.1, 0.15) is 20.7 Å². The van der Waals surface area contributed by atoms with Crippen LogP contribution >= 0.6 is 11.6 Å². The van der Waals surface area contributed by atoms with Crippen LogP contribution in [0.5, 0.6) is 0 Å². The Morgan fingerprint density at radius 1 is 1.04 bits per heavy atom. The first-order valence-corrected chi connectivity index (χ1v) is 7.50. The van der Waals surface area contributed by atoms with E-state index in [1.807, 2.05) is 0 Å². The summed E-state index contributed by atoms with van der Waals surface area (Å²) in [7, 11) is 0. The van der Waals surface area contributed by atoms with E-state index >= 15 is 0 Å². The maximum absolute atomic E-state index is 13.8. The molecular formula is C16H14ClFN2O3. The first kappa shape index (κ1) is 15.6. The topological polar surface area (TPSA) is 53.8 Å². The van der Waals surface area contributed by atoms with Crippen LogP contribution in [0, 0.1) is 5.82 Å². The van der Waals surface area contributed by atoms with Gasteiger partial charge in [-0.2, -0.15) is 0 Å². The average Bonchev–Trinajstić information content (AvgIpc) is 3.10. The molecule has 5 nitrogen and oxygen atoms in total. The molecule has 2 heterocycles. The summed E-state index contributed by atoms with van der Waals surface area (Å²) in [5.74, 6) is -1.16. The molecule has 1 fully saturated rings. The third kappa shape index (κ3) is 3.22. The van der Waals surface area contributed by atoms with Gasteiger partial charge in [0.25, 0.3) is 11.8 Å². The van der Waals surface area contributed by atoms with Crippen molar-refractivity contribution in [3.63, 3.8) is 0 Å². The Morgan fingerprint density at radius 2 is 1.70 bits per heavy atom. The number of nitrogens with zero attached hydrogens (tertiary/aromatic N) is 2. The molecule has 0 bridgehead atoms. The summed E-state index contributed by atoms with van der Waals surface area (Å²) in [6, 6.07) is 5.49. The fourth-order valence-corrected chi connectivity index (χ4v) is 2.69. The molecule has 1 aromatic heterocycles. The van der Waals surface area contributed by atoms with Crippen LogP contribution < -0.4 is 0 Å². The zero-order valence-corrected chi connectivity index (χ0v) is 12.9. The van der Waals surface area contributed by atoms with Gasteiger partial charge in [-0.25, -0.2) is 4.39 Å². The number of furan rings is 1. The second-order valence-electron chi connectivity index (χ2n) is 5.22. The van der Waals surface area contributed by atoms with E-state index in [0.717, 1.165) is 0 Å². The van der Waals surface area contributed by atoms with Gasteiger partial charge in [0.2, 0.25) is 0 Å². The zero-order chi connectivity index (χ0) is 16.4. The molecule has 1 aliphatic rings. The largest absolute Gasteiger partial charge is 0.472 e. The minimum Gasteiger partial charge on any atom is -0.472 e. The number of piperazine rings is 1. The number of hydrogen-bond donors (Lipinski definition) is 0. The molecule has 23 heavy (non-hydrogen) atoms. The molecule has 1 aromatic carbocycles. The van der Waals surface area contributed by atoms with Crippen LogP contribution in [0.25, 0.3) is 0 Å². The monoisotopic (exact) mass is 336 g/mol. The molecule has 7 heteroatoms. The molecule has 0 atom stereocenters. The van der Waals surface area contributed by atoms with Crippen molar-refractivity contribution in [2.45, 2.75) is 0 Å². The molecule has 0 spiro atoms. The Labute approximate surface area is 137 Å². The van der Waals surface area contributed by atoms with E-state index in [4.69, 9.17) is 16.0 Å². The van der Waals surface area contributed by atoms with E-state index < -0.39 is 11.7 Å². The van der Waals surface area contributed by atoms with Crippen LogP contribution in [-0.2, 0) is 0 Å². The summed E-state index contributed by atoms with van der Waals surface area (Å²) in [6.07, 6.45) is 2.83. The normalized spacial score (nSPS) is 14.9. The minimum atomic E-state index is -0.601. The third-order valence-electron chi connectivity index (χ3n) is 3.78. The fourth-order valence-electron chi connectivity index (χ4n) is 2.51. The Morgan fingerprint density at radius 3 is 2.30 bits per heavy atom. The molecule has 1 saturated heterocycles. The third-order valence-corrected chi connectivity index (χ3v) is 4.02. The number of carbonyl (C=O) groups excluding carboxylic acids is 2. The standard InChI is InChI=1S/C16H14ClFN2O3/c17-12-1-2-14(18)13(9-12)16(22)20-6-4-19(5-7-20)15(21)11-3-8-23-10-11/h1-3,8-10H,4-7H2. The lowest BCUT2D eigenvalue weighted by Crippen LogP contribution is -2.50. The first-order valence-electron chi connectivity index (χ1n) is 7.12. The van der Waals surface area contributed by atoms with E-state index in [-0.39, 0.29) is 11.5 Å². The van der Waals surface area contributed by atoms with E-state index in [2.05, 4.69) is 0 Å². The van der Waals surface area contributed by atoms with Gasteiger partial charge < -0.3 is 14.2 Å². The van der Waals surface area contributed by atoms with Crippen molar-refractivity contribution in [3.05, 3.63) is 58.8 Å². The summed E-state index contributed by atoms with van der Waals surface area (Å²) in [5.41, 5.74) is 0.428. The molecule has 3 rings (SSSR count). The van der Waals surface area contributed by atoms with Gasteiger partial charge in [-0.15, -0.1) is 0 Å². The van der Waals surface area contributed by atoms with E-state index in [0.29, 0.717) is 36.8 Å². The second kappa shape index (κ2) is 6.42. The van der Waals surface area contributed by atoms with E-state index in [1.165, 1.54) is 35.6 Å². The molecule has 1 aliphatic heterocycles. The van der Waals surface area contributed by atoms with Crippen LogP contribution in [0.3, 0.4) is 0 Å². The van der Waals surface area contributed by atoms with Crippen LogP contribution in [0.2, 0.25) is 5.02 Å². The maximum atomic E-state index is 13.8. The molecule has 0 radical (unpaired) electrons. The van der Waals surface area contributed by atoms with Gasteiger partial charge in [-0.3, -0.25) is 9.59 Å². The molecule has 0 aliphatic carbocycles. The van der Waals surface area contributed by atoms with E-state index in [1.54, 1.807) is 11.0 Å². The number of hydrogen-bond acceptors (Lipinski definition) is 3. The highest BCUT2D eigenvalue weighted by Crippen LogP contribution is 2.18. The van der Waals surface area contributed by atoms with Gasteiger partial charge in [0.05, 0.1) is 17.4 Å². The molecule has 2 aromatic rings. The van der Waals surface area contributed by atoms with Gasteiger partial charge in [-0.05, 0) is 24.3 Å². The van der Waals surface area contributed by atoms with Crippen molar-refractivity contribution in [2.75, 3.05) is 26.2 Å². The highest BCUT2D eigenvalue weighted by atomic mass is 35.5. The number of carbonyl (C=O) groups is 2. The van der Waals surface area contributed by atoms with Crippen molar-refractivity contribution in [1.82, 2.24) is 9.80 Å². The van der Waals surface area contributed by atoms with Crippen molar-refractivity contribution in [3.8, 4) is 0 Å². The SMILES string of the molecule is O=C(c1ccoc1)N1CCN(C(=O)c2cc(Cl)ccc2F)CC1. The zero-order valence-electron chi connectivity index (χ0n) is 12.2. The Bertz CT molecular complexity index is 725. The van der Waals surface area contributed by atoms with Gasteiger partial charge in [0, 0.05) is 31.2 Å². The van der Waals surface area contributed by atoms with Crippen LogP contribution in [0.4, 0.5) is 4.39 Å². The summed E-state index contributed by atoms with van der Waals surface area (Å²) in [4.78, 5) is 27.7.